The molecule has 0 unspecified atom stereocenters. The van der Waals surface area contributed by atoms with Crippen LogP contribution in [0.3, 0.4) is 0 Å². The molecule has 3 rings (SSSR count). The van der Waals surface area contributed by atoms with Gasteiger partial charge in [-0.1, -0.05) is 0 Å². The molecule has 0 aliphatic rings. The zero-order valence-electron chi connectivity index (χ0n) is 13.4. The number of alkyl halides is 3. The number of halogens is 3. The van der Waals surface area contributed by atoms with Crippen LogP contribution in [0, 0.1) is 0 Å². The molecule has 0 fully saturated rings. The summed E-state index contributed by atoms with van der Waals surface area (Å²) in [5, 5.41) is 0. The summed E-state index contributed by atoms with van der Waals surface area (Å²) in [7, 11) is 2.62. The summed E-state index contributed by atoms with van der Waals surface area (Å²) in [4.78, 5) is 8.01. The fraction of sp³-hybridized carbons (Fsp3) is 0.200. The molecule has 0 aliphatic heterocycles. The molecule has 9 heteroatoms. The van der Waals surface area contributed by atoms with Crippen molar-refractivity contribution in [3.05, 3.63) is 48.7 Å². The van der Waals surface area contributed by atoms with Crippen LogP contribution >= 0.6 is 0 Å². The number of imidazole rings is 1. The lowest BCUT2D eigenvalue weighted by molar-refractivity contribution is 0.0148. The van der Waals surface area contributed by atoms with Crippen molar-refractivity contribution in [2.75, 3.05) is 0 Å². The minimum absolute atomic E-state index is 0.290. The summed E-state index contributed by atoms with van der Waals surface area (Å²) in [6.07, 6.45) is 2.74. The topological polar surface area (TPSA) is 39.4 Å². The Morgan fingerprint density at radius 3 is 2.25 bits per heavy atom. The van der Waals surface area contributed by atoms with Gasteiger partial charge in [0.05, 0.1) is 11.2 Å². The van der Waals surface area contributed by atoms with Gasteiger partial charge in [-0.2, -0.15) is 8.78 Å². The lowest BCUT2D eigenvalue weighted by Crippen LogP contribution is -2.31. The molecule has 0 spiro atoms. The Balaban J connectivity index is 1.97. The van der Waals surface area contributed by atoms with Crippen molar-refractivity contribution in [3.8, 4) is 17.0 Å². The number of ether oxygens (including phenoxy) is 1. The molecule has 4 nitrogen and oxygen atoms in total. The summed E-state index contributed by atoms with van der Waals surface area (Å²) in [6, 6.07) is 8.15. The van der Waals surface area contributed by atoms with Crippen LogP contribution in [0.25, 0.3) is 16.8 Å². The van der Waals surface area contributed by atoms with Gasteiger partial charge in [-0.05, 0) is 30.3 Å². The number of fused-ring (bicyclic) bond motifs is 1. The molecule has 0 bridgehead atoms. The summed E-state index contributed by atoms with van der Waals surface area (Å²) in [5.74, 6) is -2.67. The predicted octanol–water partition coefficient (Wildman–Crippen LogP) is 1.73. The van der Waals surface area contributed by atoms with Crippen molar-refractivity contribution < 1.29 is 17.9 Å². The van der Waals surface area contributed by atoms with Crippen molar-refractivity contribution in [3.63, 3.8) is 0 Å². The van der Waals surface area contributed by atoms with Crippen molar-refractivity contribution in [2.45, 2.75) is 18.5 Å². The molecule has 2 aromatic heterocycles. The predicted molar refractivity (Wildman–Crippen MR) is 89.5 cm³/mol. The molecule has 24 heavy (non-hydrogen) atoms. The van der Waals surface area contributed by atoms with Crippen LogP contribution in [-0.2, 0) is 5.92 Å². The molecule has 0 aliphatic carbocycles. The Labute approximate surface area is 138 Å². The molecular weight excluding hydrogens is 317 g/mol. The molecule has 0 saturated heterocycles. The second-order valence-electron chi connectivity index (χ2n) is 6.04. The van der Waals surface area contributed by atoms with Crippen LogP contribution in [0.15, 0.2) is 43.0 Å². The average Bonchev–Trinajstić information content (AvgIpc) is 2.89. The first-order chi connectivity index (χ1) is 11.1. The van der Waals surface area contributed by atoms with Gasteiger partial charge in [0.2, 0.25) is 0 Å². The van der Waals surface area contributed by atoms with Crippen molar-refractivity contribution in [1.82, 2.24) is 14.4 Å². The van der Waals surface area contributed by atoms with Crippen molar-refractivity contribution >= 4 is 21.2 Å². The Morgan fingerprint density at radius 2 is 1.67 bits per heavy atom. The van der Waals surface area contributed by atoms with E-state index in [0.717, 1.165) is 6.92 Å². The van der Waals surface area contributed by atoms with Gasteiger partial charge in [0.25, 0.3) is 5.92 Å². The van der Waals surface area contributed by atoms with Crippen LogP contribution in [0.1, 0.15) is 12.6 Å². The second-order valence-corrected chi connectivity index (χ2v) is 6.04. The Morgan fingerprint density at radius 1 is 1.04 bits per heavy atom. The van der Waals surface area contributed by atoms with Crippen LogP contribution in [-0.4, -0.2) is 35.7 Å². The number of benzene rings is 1. The lowest BCUT2D eigenvalue weighted by Gasteiger charge is -2.17. The molecular formula is C15H14B2F3N3O. The van der Waals surface area contributed by atoms with Crippen LogP contribution in [0.4, 0.5) is 13.2 Å². The monoisotopic (exact) mass is 331 g/mol. The van der Waals surface area contributed by atoms with E-state index in [9.17, 15) is 13.2 Å². The summed E-state index contributed by atoms with van der Waals surface area (Å²) >= 11 is 0. The highest BCUT2D eigenvalue weighted by atomic mass is 19.3. The number of nitrogens with zero attached hydrogens (tertiary/aromatic N) is 3. The third-order valence-electron chi connectivity index (χ3n) is 3.35. The molecule has 0 saturated carbocycles. The van der Waals surface area contributed by atoms with E-state index in [0.29, 0.717) is 17.0 Å². The second kappa shape index (κ2) is 5.58. The van der Waals surface area contributed by atoms with Gasteiger partial charge in [-0.3, -0.25) is 4.40 Å². The minimum atomic E-state index is -3.04. The zero-order chi connectivity index (χ0) is 17.5. The SMILES string of the molecule is BC(B)(F)Oc1ccc(-c2cc3c(C(C)(F)F)ncn3cn2)cc1. The molecule has 3 aromatic rings. The fourth-order valence-electron chi connectivity index (χ4n) is 2.37. The van der Waals surface area contributed by atoms with Crippen LogP contribution in [0.5, 0.6) is 5.75 Å². The minimum Gasteiger partial charge on any atom is -0.475 e. The first kappa shape index (κ1) is 16.4. The third kappa shape index (κ3) is 3.39. The standard InChI is InChI=1S/C15H14B2F3N3O/c1-14(18,19)13-12-6-11(21-7-23(12)8-22-13)9-2-4-10(5-3-9)24-15(16,17)20/h2-8H,16-17H2,1H3. The maximum atomic E-state index is 13.6. The zero-order valence-corrected chi connectivity index (χ0v) is 13.4. The molecule has 0 N–H and O–H groups in total. The van der Waals surface area contributed by atoms with E-state index < -0.39 is 11.6 Å². The average molecular weight is 331 g/mol. The third-order valence-corrected chi connectivity index (χ3v) is 3.35. The van der Waals surface area contributed by atoms with Gasteiger partial charge >= 0.3 is 0 Å². The molecule has 0 radical (unpaired) electrons. The Bertz CT molecular complexity index is 870. The molecule has 2 heterocycles. The fourth-order valence-corrected chi connectivity index (χ4v) is 2.37. The molecule has 1 aromatic carbocycles. The maximum absolute atomic E-state index is 13.6. The lowest BCUT2D eigenvalue weighted by atomic mass is 9.78. The van der Waals surface area contributed by atoms with E-state index in [4.69, 9.17) is 4.74 Å². The first-order valence-corrected chi connectivity index (χ1v) is 7.33. The Kier molecular flexibility index (Phi) is 3.81. The van der Waals surface area contributed by atoms with Crippen molar-refractivity contribution in [1.29, 1.82) is 0 Å². The van der Waals surface area contributed by atoms with E-state index in [1.54, 1.807) is 30.3 Å². The smallest absolute Gasteiger partial charge is 0.289 e. The summed E-state index contributed by atoms with van der Waals surface area (Å²) in [5.41, 5.74) is -0.576. The largest absolute Gasteiger partial charge is 0.475 e. The van der Waals surface area contributed by atoms with Crippen LogP contribution < -0.4 is 4.74 Å². The normalized spacial score (nSPS) is 12.5. The van der Waals surface area contributed by atoms with E-state index in [1.165, 1.54) is 32.7 Å². The molecule has 0 atom stereocenters. The Hall–Kier alpha value is -2.44. The van der Waals surface area contributed by atoms with Gasteiger partial charge < -0.3 is 4.74 Å². The summed E-state index contributed by atoms with van der Waals surface area (Å²) in [6.45, 7) is 0.806. The van der Waals surface area contributed by atoms with E-state index in [-0.39, 0.29) is 11.2 Å². The van der Waals surface area contributed by atoms with Crippen molar-refractivity contribution in [2.24, 2.45) is 0 Å². The van der Waals surface area contributed by atoms with Gasteiger partial charge in [-0.15, -0.1) is 0 Å². The maximum Gasteiger partial charge on any atom is 0.289 e. The number of hydrogen-bond donors (Lipinski definition) is 0. The molecule has 0 amide bonds. The van der Waals surface area contributed by atoms with E-state index in [1.807, 2.05) is 0 Å². The van der Waals surface area contributed by atoms with E-state index >= 15 is 0 Å². The number of hydrogen-bond acceptors (Lipinski definition) is 3. The van der Waals surface area contributed by atoms with Gasteiger partial charge in [0, 0.05) is 12.5 Å². The van der Waals surface area contributed by atoms with Gasteiger partial charge in [-0.25, -0.2) is 14.4 Å². The number of rotatable bonds is 4. The quantitative estimate of drug-likeness (QED) is 0.684. The number of aromatic nitrogens is 3. The highest BCUT2D eigenvalue weighted by molar-refractivity contribution is 6.37. The highest BCUT2D eigenvalue weighted by Gasteiger charge is 2.29. The molecule has 122 valence electrons. The van der Waals surface area contributed by atoms with Gasteiger partial charge in [0.1, 0.15) is 24.1 Å². The summed E-state index contributed by atoms with van der Waals surface area (Å²) < 4.78 is 47.3. The highest BCUT2D eigenvalue weighted by Crippen LogP contribution is 2.31. The van der Waals surface area contributed by atoms with Crippen LogP contribution in [0.2, 0.25) is 0 Å². The first-order valence-electron chi connectivity index (χ1n) is 7.33. The van der Waals surface area contributed by atoms with E-state index in [2.05, 4.69) is 9.97 Å². The van der Waals surface area contributed by atoms with Gasteiger partial charge in [0.15, 0.2) is 21.3 Å².